The van der Waals surface area contributed by atoms with Crippen LogP contribution in [0.5, 0.6) is 0 Å². The summed E-state index contributed by atoms with van der Waals surface area (Å²) in [5.41, 5.74) is -0.148. The molecule has 2 aromatic rings. The van der Waals surface area contributed by atoms with E-state index in [1.54, 1.807) is 6.07 Å². The molecule has 0 saturated carbocycles. The van der Waals surface area contributed by atoms with Gasteiger partial charge in [0.2, 0.25) is 10.0 Å². The second kappa shape index (κ2) is 6.41. The molecule has 0 aliphatic carbocycles. The van der Waals surface area contributed by atoms with Gasteiger partial charge in [0.1, 0.15) is 10.7 Å². The Morgan fingerprint density at radius 3 is 2.71 bits per heavy atom. The first-order valence-electron chi connectivity index (χ1n) is 5.93. The molecule has 1 N–H and O–H groups in total. The van der Waals surface area contributed by atoms with E-state index in [0.717, 1.165) is 15.2 Å². The first kappa shape index (κ1) is 16.4. The summed E-state index contributed by atoms with van der Waals surface area (Å²) < 4.78 is 40.1. The Morgan fingerprint density at radius 2 is 2.14 bits per heavy atom. The van der Waals surface area contributed by atoms with Crippen LogP contribution in [-0.2, 0) is 23.2 Å². The fourth-order valence-electron chi connectivity index (χ4n) is 1.80. The number of hydrogen-bond acceptors (Lipinski definition) is 4. The zero-order chi connectivity index (χ0) is 15.6. The molecule has 8 heteroatoms. The highest BCUT2D eigenvalue weighted by Crippen LogP contribution is 2.27. The Morgan fingerprint density at radius 1 is 1.43 bits per heavy atom. The number of aliphatic hydroxyl groups excluding tert-OH is 1. The van der Waals surface area contributed by atoms with Crippen LogP contribution >= 0.6 is 22.9 Å². The standard InChI is InChI=1S/C13H13ClFNO3S2/c1-16(7-11-3-2-4-20-11)21(18,19)12-6-10(14)5-9(8-17)13(12)15/h2-6,17H,7-8H2,1H3. The van der Waals surface area contributed by atoms with Crippen molar-refractivity contribution in [2.24, 2.45) is 0 Å². The number of hydrogen-bond donors (Lipinski definition) is 1. The monoisotopic (exact) mass is 349 g/mol. The lowest BCUT2D eigenvalue weighted by Crippen LogP contribution is -2.27. The van der Waals surface area contributed by atoms with Crippen LogP contribution in [0.4, 0.5) is 4.39 Å². The number of aliphatic hydroxyl groups is 1. The predicted molar refractivity (Wildman–Crippen MR) is 80.3 cm³/mol. The van der Waals surface area contributed by atoms with Crippen LogP contribution in [0, 0.1) is 5.82 Å². The highest BCUT2D eigenvalue weighted by molar-refractivity contribution is 7.89. The van der Waals surface area contributed by atoms with Crippen molar-refractivity contribution in [1.29, 1.82) is 0 Å². The van der Waals surface area contributed by atoms with Gasteiger partial charge in [-0.15, -0.1) is 11.3 Å². The molecule has 114 valence electrons. The Bertz CT molecular complexity index is 732. The summed E-state index contributed by atoms with van der Waals surface area (Å²) in [5, 5.41) is 11.0. The van der Waals surface area contributed by atoms with Crippen LogP contribution in [0.1, 0.15) is 10.4 Å². The summed E-state index contributed by atoms with van der Waals surface area (Å²) in [4.78, 5) is 0.309. The van der Waals surface area contributed by atoms with E-state index < -0.39 is 27.3 Å². The van der Waals surface area contributed by atoms with Gasteiger partial charge in [-0.05, 0) is 23.6 Å². The summed E-state index contributed by atoms with van der Waals surface area (Å²) in [7, 11) is -2.66. The number of benzene rings is 1. The molecule has 0 amide bonds. The van der Waals surface area contributed by atoms with Crippen LogP contribution in [0.15, 0.2) is 34.5 Å². The van der Waals surface area contributed by atoms with Gasteiger partial charge in [-0.25, -0.2) is 12.8 Å². The summed E-state index contributed by atoms with van der Waals surface area (Å²) in [6.07, 6.45) is 0. The minimum absolute atomic E-state index is 0.0588. The van der Waals surface area contributed by atoms with E-state index in [9.17, 15) is 12.8 Å². The molecule has 0 aliphatic heterocycles. The molecule has 0 atom stereocenters. The Labute approximate surface area is 131 Å². The molecular weight excluding hydrogens is 337 g/mol. The topological polar surface area (TPSA) is 57.6 Å². The molecule has 1 heterocycles. The van der Waals surface area contributed by atoms with Gasteiger partial charge in [0.05, 0.1) is 6.61 Å². The molecule has 1 aromatic carbocycles. The molecule has 0 bridgehead atoms. The van der Waals surface area contributed by atoms with E-state index >= 15 is 0 Å². The first-order valence-corrected chi connectivity index (χ1v) is 8.63. The van der Waals surface area contributed by atoms with Crippen molar-refractivity contribution in [3.05, 3.63) is 50.9 Å². The van der Waals surface area contributed by atoms with Gasteiger partial charge in [0, 0.05) is 29.1 Å². The summed E-state index contributed by atoms with van der Waals surface area (Å²) in [5.74, 6) is -0.972. The van der Waals surface area contributed by atoms with Crippen molar-refractivity contribution >= 4 is 33.0 Å². The van der Waals surface area contributed by atoms with Gasteiger partial charge in [-0.3, -0.25) is 0 Å². The van der Waals surface area contributed by atoms with Crippen LogP contribution in [0.3, 0.4) is 0 Å². The Balaban J connectivity index is 2.41. The van der Waals surface area contributed by atoms with E-state index in [1.165, 1.54) is 24.5 Å². The second-order valence-corrected chi connectivity index (χ2v) is 7.86. The van der Waals surface area contributed by atoms with Crippen molar-refractivity contribution < 1.29 is 17.9 Å². The minimum Gasteiger partial charge on any atom is -0.392 e. The third-order valence-electron chi connectivity index (χ3n) is 2.90. The molecular formula is C13H13ClFNO3S2. The number of nitrogens with zero attached hydrogens (tertiary/aromatic N) is 1. The smallest absolute Gasteiger partial charge is 0.246 e. The van der Waals surface area contributed by atoms with Gasteiger partial charge in [-0.1, -0.05) is 17.7 Å². The zero-order valence-electron chi connectivity index (χ0n) is 11.1. The maximum atomic E-state index is 14.2. The molecule has 0 unspecified atom stereocenters. The largest absolute Gasteiger partial charge is 0.392 e. The second-order valence-electron chi connectivity index (χ2n) is 4.38. The average molecular weight is 350 g/mol. The lowest BCUT2D eigenvalue weighted by molar-refractivity contribution is 0.274. The van der Waals surface area contributed by atoms with Crippen LogP contribution in [0.2, 0.25) is 5.02 Å². The molecule has 1 aromatic heterocycles. The van der Waals surface area contributed by atoms with Gasteiger partial charge in [-0.2, -0.15) is 4.31 Å². The van der Waals surface area contributed by atoms with Crippen molar-refractivity contribution in [3.8, 4) is 0 Å². The number of halogens is 2. The highest BCUT2D eigenvalue weighted by atomic mass is 35.5. The van der Waals surface area contributed by atoms with Gasteiger partial charge >= 0.3 is 0 Å². The number of rotatable bonds is 5. The summed E-state index contributed by atoms with van der Waals surface area (Å²) in [6.45, 7) is -0.482. The van der Waals surface area contributed by atoms with E-state index in [1.807, 2.05) is 11.4 Å². The van der Waals surface area contributed by atoms with E-state index in [-0.39, 0.29) is 17.1 Å². The van der Waals surface area contributed by atoms with E-state index in [4.69, 9.17) is 16.7 Å². The molecule has 0 spiro atoms. The van der Waals surface area contributed by atoms with E-state index in [2.05, 4.69) is 0 Å². The van der Waals surface area contributed by atoms with Crippen molar-refractivity contribution in [3.63, 3.8) is 0 Å². The lowest BCUT2D eigenvalue weighted by atomic mass is 10.2. The SMILES string of the molecule is CN(Cc1cccs1)S(=O)(=O)c1cc(Cl)cc(CO)c1F. The van der Waals surface area contributed by atoms with Gasteiger partial charge < -0.3 is 5.11 Å². The predicted octanol–water partition coefficient (Wildman–Crippen LogP) is 2.85. The Hall–Kier alpha value is -0.990. The van der Waals surface area contributed by atoms with Gasteiger partial charge in [0.15, 0.2) is 0 Å². The average Bonchev–Trinajstić information content (AvgIpc) is 2.93. The lowest BCUT2D eigenvalue weighted by Gasteiger charge is -2.18. The molecule has 0 aliphatic rings. The third kappa shape index (κ3) is 3.44. The number of sulfonamides is 1. The van der Waals surface area contributed by atoms with Crippen LogP contribution in [0.25, 0.3) is 0 Å². The van der Waals surface area contributed by atoms with Crippen molar-refractivity contribution in [2.75, 3.05) is 7.05 Å². The zero-order valence-corrected chi connectivity index (χ0v) is 13.5. The van der Waals surface area contributed by atoms with Crippen LogP contribution < -0.4 is 0 Å². The molecule has 4 nitrogen and oxygen atoms in total. The van der Waals surface area contributed by atoms with Crippen LogP contribution in [-0.4, -0.2) is 24.9 Å². The highest BCUT2D eigenvalue weighted by Gasteiger charge is 2.27. The first-order chi connectivity index (χ1) is 9.86. The molecule has 0 fully saturated rings. The van der Waals surface area contributed by atoms with Crippen molar-refractivity contribution in [1.82, 2.24) is 4.31 Å². The fraction of sp³-hybridized carbons (Fsp3) is 0.231. The molecule has 0 saturated heterocycles. The third-order valence-corrected chi connectivity index (χ3v) is 5.78. The van der Waals surface area contributed by atoms with Gasteiger partial charge in [0.25, 0.3) is 0 Å². The maximum absolute atomic E-state index is 14.2. The summed E-state index contributed by atoms with van der Waals surface area (Å²) >= 11 is 7.21. The number of thiophene rings is 1. The maximum Gasteiger partial charge on any atom is 0.246 e. The minimum atomic E-state index is -4.03. The molecule has 0 radical (unpaired) electrons. The van der Waals surface area contributed by atoms with E-state index in [0.29, 0.717) is 0 Å². The Kier molecular flexibility index (Phi) is 5.00. The molecule has 21 heavy (non-hydrogen) atoms. The summed E-state index contributed by atoms with van der Waals surface area (Å²) in [6, 6.07) is 5.86. The fourth-order valence-corrected chi connectivity index (χ4v) is 4.22. The van der Waals surface area contributed by atoms with Crippen molar-refractivity contribution in [2.45, 2.75) is 18.0 Å². The normalized spacial score (nSPS) is 12.0. The molecule has 2 rings (SSSR count). The quantitative estimate of drug-likeness (QED) is 0.903.